The molecular formula is C14H10ClNO2. The Kier molecular flexibility index (Phi) is 3.75. The monoisotopic (exact) mass is 259 g/mol. The molecule has 0 aromatic heterocycles. The van der Waals surface area contributed by atoms with Gasteiger partial charge in [-0.05, 0) is 40.6 Å². The topological polar surface area (TPSA) is 49.7 Å². The van der Waals surface area contributed by atoms with Crippen molar-refractivity contribution in [1.29, 1.82) is 0 Å². The summed E-state index contributed by atoms with van der Waals surface area (Å²) in [7, 11) is 0. The third-order valence-corrected chi connectivity index (χ3v) is 2.62. The Balaban J connectivity index is 2.25. The lowest BCUT2D eigenvalue weighted by Gasteiger charge is -1.98. The average Bonchev–Trinajstić information content (AvgIpc) is 2.37. The molecule has 0 unspecified atom stereocenters. The predicted octanol–water partition coefficient (Wildman–Crippen LogP) is 4.61. The molecule has 2 aromatic carbocycles. The molecule has 1 N–H and O–H groups in total. The van der Waals surface area contributed by atoms with E-state index in [0.29, 0.717) is 10.6 Å². The first-order valence-corrected chi connectivity index (χ1v) is 5.66. The Hall–Kier alpha value is -2.13. The fourth-order valence-electron chi connectivity index (χ4n) is 1.53. The van der Waals surface area contributed by atoms with Crippen LogP contribution in [-0.2, 0) is 0 Å². The smallest absolute Gasteiger partial charge is 0.118 e. The molecule has 0 saturated heterocycles. The number of nitrogens with zero attached hydrogens (tertiary/aromatic N) is 1. The summed E-state index contributed by atoms with van der Waals surface area (Å²) >= 11 is 5.78. The normalized spacial score (nSPS) is 10.7. The number of halogens is 1. The van der Waals surface area contributed by atoms with Crippen molar-refractivity contribution < 1.29 is 5.11 Å². The molecule has 0 heterocycles. The maximum Gasteiger partial charge on any atom is 0.118 e. The summed E-state index contributed by atoms with van der Waals surface area (Å²) in [6.45, 7) is 0. The summed E-state index contributed by atoms with van der Waals surface area (Å²) in [5.41, 5.74) is 1.88. The van der Waals surface area contributed by atoms with Crippen LogP contribution in [0.1, 0.15) is 11.1 Å². The van der Waals surface area contributed by atoms with E-state index in [-0.39, 0.29) is 11.4 Å². The predicted molar refractivity (Wildman–Crippen MR) is 73.9 cm³/mol. The van der Waals surface area contributed by atoms with E-state index in [1.807, 2.05) is 18.2 Å². The van der Waals surface area contributed by atoms with Crippen molar-refractivity contribution in [3.63, 3.8) is 0 Å². The zero-order chi connectivity index (χ0) is 13.0. The van der Waals surface area contributed by atoms with Gasteiger partial charge in [-0.2, -0.15) is 0 Å². The first-order chi connectivity index (χ1) is 8.67. The van der Waals surface area contributed by atoms with Gasteiger partial charge in [0, 0.05) is 11.1 Å². The Morgan fingerprint density at radius 1 is 1.00 bits per heavy atom. The number of phenolic OH excluding ortho intramolecular Hbond substituents is 1. The van der Waals surface area contributed by atoms with Gasteiger partial charge in [0.15, 0.2) is 0 Å². The minimum atomic E-state index is 0.0165. The highest BCUT2D eigenvalue weighted by atomic mass is 35.5. The van der Waals surface area contributed by atoms with Gasteiger partial charge >= 0.3 is 0 Å². The van der Waals surface area contributed by atoms with E-state index in [1.165, 1.54) is 6.07 Å². The number of phenols is 1. The highest BCUT2D eigenvalue weighted by Crippen LogP contribution is 2.23. The molecule has 0 spiro atoms. The van der Waals surface area contributed by atoms with E-state index >= 15 is 0 Å². The molecule has 0 aliphatic heterocycles. The number of aromatic hydroxyl groups is 1. The van der Waals surface area contributed by atoms with Crippen molar-refractivity contribution in [1.82, 2.24) is 0 Å². The second kappa shape index (κ2) is 5.47. The van der Waals surface area contributed by atoms with Crippen molar-refractivity contribution in [2.24, 2.45) is 5.18 Å². The number of hydrogen-bond acceptors (Lipinski definition) is 3. The van der Waals surface area contributed by atoms with E-state index in [4.69, 9.17) is 11.6 Å². The lowest BCUT2D eigenvalue weighted by Crippen LogP contribution is -1.74. The van der Waals surface area contributed by atoms with Gasteiger partial charge in [-0.3, -0.25) is 0 Å². The van der Waals surface area contributed by atoms with E-state index < -0.39 is 0 Å². The maximum absolute atomic E-state index is 10.4. The fraction of sp³-hybridized carbons (Fsp3) is 0. The largest absolute Gasteiger partial charge is 0.508 e. The summed E-state index contributed by atoms with van der Waals surface area (Å²) < 4.78 is 0. The SMILES string of the molecule is O=Nc1cc(O)cc(/C=C/c2ccc(Cl)cc2)c1. The van der Waals surface area contributed by atoms with E-state index in [1.54, 1.807) is 30.3 Å². The highest BCUT2D eigenvalue weighted by molar-refractivity contribution is 6.30. The Morgan fingerprint density at radius 2 is 1.67 bits per heavy atom. The van der Waals surface area contributed by atoms with E-state index in [9.17, 15) is 10.0 Å². The van der Waals surface area contributed by atoms with Crippen LogP contribution in [-0.4, -0.2) is 5.11 Å². The Labute approximate surface area is 109 Å². The summed E-state index contributed by atoms with van der Waals surface area (Å²) in [4.78, 5) is 10.4. The van der Waals surface area contributed by atoms with Crippen molar-refractivity contribution in [2.45, 2.75) is 0 Å². The minimum absolute atomic E-state index is 0.0165. The molecule has 0 atom stereocenters. The second-order valence-electron chi connectivity index (χ2n) is 3.76. The molecule has 3 nitrogen and oxygen atoms in total. The number of nitroso groups, excluding NO2 is 1. The first-order valence-electron chi connectivity index (χ1n) is 5.28. The van der Waals surface area contributed by atoms with Crippen molar-refractivity contribution in [3.8, 4) is 5.75 Å². The number of benzene rings is 2. The highest BCUT2D eigenvalue weighted by Gasteiger charge is 1.97. The van der Waals surface area contributed by atoms with Crippen LogP contribution >= 0.6 is 11.6 Å². The molecule has 18 heavy (non-hydrogen) atoms. The lowest BCUT2D eigenvalue weighted by molar-refractivity contribution is 0.475. The van der Waals surface area contributed by atoms with Crippen LogP contribution in [0, 0.1) is 4.91 Å². The van der Waals surface area contributed by atoms with Crippen molar-refractivity contribution in [3.05, 3.63) is 63.5 Å². The molecule has 0 radical (unpaired) electrons. The fourth-order valence-corrected chi connectivity index (χ4v) is 1.66. The van der Waals surface area contributed by atoms with Crippen molar-refractivity contribution >= 4 is 29.4 Å². The van der Waals surface area contributed by atoms with Gasteiger partial charge in [-0.25, -0.2) is 0 Å². The van der Waals surface area contributed by atoms with Gasteiger partial charge in [0.05, 0.1) is 0 Å². The molecule has 0 bridgehead atoms. The zero-order valence-electron chi connectivity index (χ0n) is 9.38. The molecule has 0 aliphatic carbocycles. The van der Waals surface area contributed by atoms with Gasteiger partial charge in [-0.15, -0.1) is 4.91 Å². The van der Waals surface area contributed by atoms with Gasteiger partial charge in [0.2, 0.25) is 0 Å². The number of hydrogen-bond donors (Lipinski definition) is 1. The molecule has 2 rings (SSSR count). The average molecular weight is 260 g/mol. The Morgan fingerprint density at radius 3 is 2.33 bits per heavy atom. The van der Waals surface area contributed by atoms with Crippen LogP contribution in [0.3, 0.4) is 0 Å². The molecular weight excluding hydrogens is 250 g/mol. The number of rotatable bonds is 3. The van der Waals surface area contributed by atoms with Crippen LogP contribution in [0.2, 0.25) is 5.02 Å². The Bertz CT molecular complexity index is 591. The molecule has 0 fully saturated rings. The third kappa shape index (κ3) is 3.18. The first kappa shape index (κ1) is 12.3. The standard InChI is InChI=1S/C14H10ClNO2/c15-12-5-3-10(4-6-12)1-2-11-7-13(16-18)9-14(17)8-11/h1-9,17H/b2-1+. The summed E-state index contributed by atoms with van der Waals surface area (Å²) in [6.07, 6.45) is 3.65. The summed E-state index contributed by atoms with van der Waals surface area (Å²) in [6, 6.07) is 11.8. The van der Waals surface area contributed by atoms with Gasteiger partial charge in [0.1, 0.15) is 11.4 Å². The maximum atomic E-state index is 10.4. The van der Waals surface area contributed by atoms with Crippen LogP contribution < -0.4 is 0 Å². The van der Waals surface area contributed by atoms with Gasteiger partial charge in [0.25, 0.3) is 0 Å². The lowest BCUT2D eigenvalue weighted by atomic mass is 10.1. The van der Waals surface area contributed by atoms with Crippen molar-refractivity contribution in [2.75, 3.05) is 0 Å². The molecule has 90 valence electrons. The quantitative estimate of drug-likeness (QED) is 0.646. The molecule has 0 saturated carbocycles. The van der Waals surface area contributed by atoms with Gasteiger partial charge in [-0.1, -0.05) is 35.9 Å². The molecule has 4 heteroatoms. The third-order valence-electron chi connectivity index (χ3n) is 2.37. The van der Waals surface area contributed by atoms with Crippen LogP contribution in [0.25, 0.3) is 12.2 Å². The van der Waals surface area contributed by atoms with Crippen LogP contribution in [0.4, 0.5) is 5.69 Å². The minimum Gasteiger partial charge on any atom is -0.508 e. The van der Waals surface area contributed by atoms with E-state index in [2.05, 4.69) is 5.18 Å². The second-order valence-corrected chi connectivity index (χ2v) is 4.20. The molecule has 2 aromatic rings. The molecule has 0 aliphatic rings. The molecule has 0 amide bonds. The van der Waals surface area contributed by atoms with Crippen LogP contribution in [0.5, 0.6) is 5.75 Å². The van der Waals surface area contributed by atoms with Gasteiger partial charge < -0.3 is 5.11 Å². The zero-order valence-corrected chi connectivity index (χ0v) is 10.1. The van der Waals surface area contributed by atoms with Crippen LogP contribution in [0.15, 0.2) is 47.6 Å². The summed E-state index contributed by atoms with van der Waals surface area (Å²) in [5.74, 6) is 0.0165. The van der Waals surface area contributed by atoms with E-state index in [0.717, 1.165) is 5.56 Å². The summed E-state index contributed by atoms with van der Waals surface area (Å²) in [5, 5.41) is 12.9.